The number of aromatic amines is 2. The summed E-state index contributed by atoms with van der Waals surface area (Å²) in [6, 6.07) is 41.9. The number of hydrogen-bond acceptors (Lipinski definition) is 7. The fourth-order valence-corrected chi connectivity index (χ4v) is 8.32. The van der Waals surface area contributed by atoms with Crippen LogP contribution in [0.4, 0.5) is 11.5 Å². The Balaban J connectivity index is 0.000000113. The molecule has 63 heavy (non-hydrogen) atoms. The summed E-state index contributed by atoms with van der Waals surface area (Å²) < 4.78 is 5.23. The van der Waals surface area contributed by atoms with Crippen molar-refractivity contribution in [2.45, 2.75) is 61.1 Å². The molecule has 0 unspecified atom stereocenters. The maximum absolute atomic E-state index is 11.1. The van der Waals surface area contributed by atoms with Gasteiger partial charge >= 0.3 is 0 Å². The van der Waals surface area contributed by atoms with Crippen LogP contribution in [0.15, 0.2) is 139 Å². The van der Waals surface area contributed by atoms with Gasteiger partial charge in [-0.05, 0) is 153 Å². The number of aromatic nitrogens is 3. The molecule has 8 N–H and O–H groups in total. The fraction of sp³-hybridized carbons (Fsp3) is 0.189. The molecular weight excluding hydrogens is 797 g/mol. The summed E-state index contributed by atoms with van der Waals surface area (Å²) in [6.45, 7) is 15.0. The first-order valence-corrected chi connectivity index (χ1v) is 22.0. The molecule has 0 saturated carbocycles. The lowest BCUT2D eigenvalue weighted by atomic mass is 10.1. The number of nitrogens with two attached hydrogens (primary N) is 2. The molecule has 0 bridgehead atoms. The number of benzene rings is 6. The zero-order chi connectivity index (χ0) is 44.5. The Morgan fingerprint density at radius 2 is 1.19 bits per heavy atom. The zero-order valence-electron chi connectivity index (χ0n) is 36.9. The highest BCUT2D eigenvalue weighted by molar-refractivity contribution is 7.13. The van der Waals surface area contributed by atoms with Crippen molar-refractivity contribution in [3.8, 4) is 0 Å². The maximum atomic E-state index is 11.1. The van der Waals surface area contributed by atoms with E-state index < -0.39 is 0 Å². The van der Waals surface area contributed by atoms with Gasteiger partial charge in [-0.3, -0.25) is 9.79 Å². The highest BCUT2D eigenvalue weighted by Gasteiger charge is 2.17. The van der Waals surface area contributed by atoms with E-state index in [0.29, 0.717) is 18.2 Å². The predicted molar refractivity (Wildman–Crippen MR) is 266 cm³/mol. The van der Waals surface area contributed by atoms with Crippen LogP contribution >= 0.6 is 11.5 Å². The summed E-state index contributed by atoms with van der Waals surface area (Å²) in [7, 11) is 0. The van der Waals surface area contributed by atoms with Gasteiger partial charge in [0.1, 0.15) is 11.7 Å². The number of carbonyl (C=O) groups is 1. The van der Waals surface area contributed by atoms with E-state index >= 15 is 0 Å². The van der Waals surface area contributed by atoms with Crippen molar-refractivity contribution in [2.75, 3.05) is 17.6 Å². The van der Waals surface area contributed by atoms with Gasteiger partial charge in [0.2, 0.25) is 0 Å². The highest BCUT2D eigenvalue weighted by Crippen LogP contribution is 2.25. The molecule has 320 valence electrons. The Kier molecular flexibility index (Phi) is 14.0. The second kappa shape index (κ2) is 20.1. The molecule has 6 heterocycles. The van der Waals surface area contributed by atoms with Crippen LogP contribution < -0.4 is 22.1 Å². The van der Waals surface area contributed by atoms with E-state index in [1.165, 1.54) is 89.1 Å². The molecule has 10 heteroatoms. The van der Waals surface area contributed by atoms with Crippen molar-refractivity contribution in [3.63, 3.8) is 0 Å². The third-order valence-electron chi connectivity index (χ3n) is 11.0. The Morgan fingerprint density at radius 3 is 2.02 bits per heavy atom. The molecule has 0 atom stereocenters. The molecule has 3 aliphatic heterocycles. The molecule has 0 fully saturated rings. The Hall–Kier alpha value is -7.17. The fourth-order valence-electron chi connectivity index (χ4n) is 7.52. The number of nitrogen functional groups attached to an aromatic ring is 1. The van der Waals surface area contributed by atoms with Gasteiger partial charge in [-0.15, -0.1) is 0 Å². The standard InChI is InChI=1S/C9H10N2.C9H9NO.C9H11N.2C9H9N.C8H8N2S/c1-6-2-3-8-7(4-6)5-11-9(8)10;1-6-2-3-7-5-10-9(11)8(7)4-6;2*1-7-2-3-9-8(6-7)4-5-10-9;1-7-2-3-8-4-5-10-9(8)6-7;1-5-2-3-6-7(4-5)11-10-8(6)9/h2-4H,5H2,1H3,(H2,10,11);2-4H,5H2,1H3,(H,10,11);2-3,6,10H,4-5H2,1H3;2*2-6,10H,1H3;2-4H,1H3,(H2,9,10). The number of carbonyl (C=O) groups excluding carboxylic acids is 1. The van der Waals surface area contributed by atoms with Gasteiger partial charge in [0.25, 0.3) is 5.91 Å². The van der Waals surface area contributed by atoms with E-state index in [0.717, 1.165) is 40.7 Å². The van der Waals surface area contributed by atoms with Crippen LogP contribution in [0, 0.1) is 41.5 Å². The molecule has 12 rings (SSSR count). The third kappa shape index (κ3) is 11.4. The van der Waals surface area contributed by atoms with Crippen LogP contribution in [0.2, 0.25) is 0 Å². The Labute approximate surface area is 373 Å². The van der Waals surface area contributed by atoms with Gasteiger partial charge in [-0.25, -0.2) is 0 Å². The molecule has 9 nitrogen and oxygen atoms in total. The number of H-pyrrole nitrogens is 2. The van der Waals surface area contributed by atoms with Crippen molar-refractivity contribution in [1.82, 2.24) is 19.7 Å². The number of rotatable bonds is 0. The lowest BCUT2D eigenvalue weighted by Crippen LogP contribution is -2.12. The molecule has 6 aromatic carbocycles. The van der Waals surface area contributed by atoms with E-state index in [1.54, 1.807) is 0 Å². The van der Waals surface area contributed by atoms with Gasteiger partial charge in [0.15, 0.2) is 0 Å². The maximum Gasteiger partial charge on any atom is 0.251 e. The normalized spacial score (nSPS) is 12.5. The lowest BCUT2D eigenvalue weighted by Gasteiger charge is -1.98. The van der Waals surface area contributed by atoms with Crippen molar-refractivity contribution in [3.05, 3.63) is 195 Å². The predicted octanol–water partition coefficient (Wildman–Crippen LogP) is 11.6. The summed E-state index contributed by atoms with van der Waals surface area (Å²) in [5.74, 6) is 1.38. The number of amides is 1. The van der Waals surface area contributed by atoms with Crippen LogP contribution in [0.1, 0.15) is 66.0 Å². The quantitative estimate of drug-likeness (QED) is 0.0898. The van der Waals surface area contributed by atoms with E-state index in [1.807, 2.05) is 55.7 Å². The van der Waals surface area contributed by atoms with E-state index in [9.17, 15) is 4.79 Å². The van der Waals surface area contributed by atoms with E-state index in [2.05, 4.69) is 150 Å². The Bertz CT molecular complexity index is 2970. The lowest BCUT2D eigenvalue weighted by molar-refractivity contribution is 0.0965. The summed E-state index contributed by atoms with van der Waals surface area (Å²) in [5.41, 5.74) is 28.5. The largest absolute Gasteiger partial charge is 0.384 e. The van der Waals surface area contributed by atoms with Gasteiger partial charge < -0.3 is 32.1 Å². The van der Waals surface area contributed by atoms with E-state index in [4.69, 9.17) is 11.5 Å². The summed E-state index contributed by atoms with van der Waals surface area (Å²) in [6.07, 6.45) is 5.12. The number of aliphatic imine (C=N–C) groups is 1. The van der Waals surface area contributed by atoms with Crippen LogP contribution in [0.5, 0.6) is 0 Å². The van der Waals surface area contributed by atoms with Crippen molar-refractivity contribution in [1.29, 1.82) is 0 Å². The second-order valence-electron chi connectivity index (χ2n) is 16.2. The number of aryl methyl sites for hydroxylation is 6. The summed E-state index contributed by atoms with van der Waals surface area (Å²) >= 11 is 1.45. The van der Waals surface area contributed by atoms with Crippen molar-refractivity contribution >= 4 is 66.7 Å². The molecule has 0 saturated heterocycles. The molecule has 0 spiro atoms. The minimum absolute atomic E-state index is 0.0590. The van der Waals surface area contributed by atoms with Gasteiger partial charge in [0.05, 0.1) is 11.2 Å². The molecule has 9 aromatic rings. The second-order valence-corrected chi connectivity index (χ2v) is 17.1. The summed E-state index contributed by atoms with van der Waals surface area (Å²) in [4.78, 5) is 21.6. The number of nitrogens with one attached hydrogen (secondary N) is 4. The van der Waals surface area contributed by atoms with Crippen LogP contribution in [-0.2, 0) is 19.5 Å². The minimum Gasteiger partial charge on any atom is -0.384 e. The van der Waals surface area contributed by atoms with Crippen LogP contribution in [0.25, 0.3) is 31.9 Å². The number of hydrogen-bond donors (Lipinski definition) is 6. The molecular formula is C53H56N8OS. The molecule has 0 radical (unpaired) electrons. The number of amidine groups is 1. The first-order valence-electron chi connectivity index (χ1n) is 21.2. The molecule has 3 aliphatic rings. The molecule has 3 aromatic heterocycles. The monoisotopic (exact) mass is 852 g/mol. The van der Waals surface area contributed by atoms with Crippen LogP contribution in [0.3, 0.4) is 0 Å². The smallest absolute Gasteiger partial charge is 0.251 e. The van der Waals surface area contributed by atoms with Gasteiger partial charge in [-0.2, -0.15) is 4.37 Å². The average molecular weight is 853 g/mol. The zero-order valence-corrected chi connectivity index (χ0v) is 37.7. The van der Waals surface area contributed by atoms with Crippen LogP contribution in [-0.4, -0.2) is 32.6 Å². The first-order chi connectivity index (χ1) is 30.4. The SMILES string of the molecule is Cc1ccc2[nH]ccc2c1.Cc1ccc2c(N)nsc2c1.Cc1ccc2c(c1)C(=O)NC2.Cc1ccc2c(c1)CCN2.Cc1ccc2c(c1)CN=C2N.Cc1ccc2cc[nH]c2c1. The Morgan fingerprint density at radius 1 is 0.556 bits per heavy atom. The van der Waals surface area contributed by atoms with Gasteiger partial charge in [-0.1, -0.05) is 89.0 Å². The molecule has 1 amide bonds. The topological polar surface area (TPSA) is 150 Å². The van der Waals surface area contributed by atoms with Crippen molar-refractivity contribution < 1.29 is 4.79 Å². The third-order valence-corrected chi connectivity index (χ3v) is 11.8. The number of anilines is 2. The average Bonchev–Trinajstić information content (AvgIpc) is 4.15. The number of fused-ring (bicyclic) bond motifs is 6. The van der Waals surface area contributed by atoms with E-state index in [-0.39, 0.29) is 5.91 Å². The molecule has 0 aliphatic carbocycles. The summed E-state index contributed by atoms with van der Waals surface area (Å²) in [5, 5.41) is 9.75. The van der Waals surface area contributed by atoms with Gasteiger partial charge in [0, 0.05) is 58.7 Å². The minimum atomic E-state index is 0.0590. The number of nitrogens with zero attached hydrogens (tertiary/aromatic N) is 2. The highest BCUT2D eigenvalue weighted by atomic mass is 32.1. The van der Waals surface area contributed by atoms with Crippen molar-refractivity contribution in [2.24, 2.45) is 10.7 Å². The first kappa shape index (κ1) is 43.9.